The zero-order valence-electron chi connectivity index (χ0n) is 14.3. The molecule has 3 nitrogen and oxygen atoms in total. The molecule has 0 atom stereocenters. The zero-order chi connectivity index (χ0) is 18.2. The molecule has 4 heteroatoms. The first-order valence-electron chi connectivity index (χ1n) is 8.17. The lowest BCUT2D eigenvalue weighted by Crippen LogP contribution is -2.11. The normalized spacial score (nSPS) is 11.9. The van der Waals surface area contributed by atoms with Crippen LogP contribution in [0.4, 0.5) is 5.69 Å². The summed E-state index contributed by atoms with van der Waals surface area (Å²) in [6, 6.07) is 26.4. The van der Waals surface area contributed by atoms with E-state index in [2.05, 4.69) is 4.99 Å². The van der Waals surface area contributed by atoms with Gasteiger partial charge in [0.2, 0.25) is 5.90 Å². The Balaban J connectivity index is 1.89. The third-order valence-corrected chi connectivity index (χ3v) is 3.79. The van der Waals surface area contributed by atoms with Crippen LogP contribution in [0.15, 0.2) is 102 Å². The summed E-state index contributed by atoms with van der Waals surface area (Å²) in [6.07, 6.45) is 1.62. The molecular weight excluding hydrogens is 346 g/mol. The number of halogens is 1. The third kappa shape index (κ3) is 4.98. The molecule has 26 heavy (non-hydrogen) atoms. The maximum Gasteiger partial charge on any atom is 0.225 e. The molecule has 0 aliphatic carbocycles. The van der Waals surface area contributed by atoms with Crippen molar-refractivity contribution in [2.75, 3.05) is 0 Å². The molecule has 0 aromatic heterocycles. The molecular formula is C22H18ClNO2. The van der Waals surface area contributed by atoms with Gasteiger partial charge in [-0.2, -0.15) is 0 Å². The van der Waals surface area contributed by atoms with Gasteiger partial charge in [-0.1, -0.05) is 60.1 Å². The van der Waals surface area contributed by atoms with E-state index in [1.54, 1.807) is 18.4 Å². The van der Waals surface area contributed by atoms with Gasteiger partial charge in [0, 0.05) is 5.57 Å². The molecule has 0 aliphatic heterocycles. The van der Waals surface area contributed by atoms with Crippen LogP contribution in [-0.4, -0.2) is 5.90 Å². The maximum atomic E-state index is 6.22. The summed E-state index contributed by atoms with van der Waals surface area (Å²) in [6.45, 7) is 1.88. The van der Waals surface area contributed by atoms with E-state index in [0.717, 1.165) is 17.0 Å². The van der Waals surface area contributed by atoms with Gasteiger partial charge in [-0.3, -0.25) is 0 Å². The summed E-state index contributed by atoms with van der Waals surface area (Å²) in [7, 11) is 0. The third-order valence-electron chi connectivity index (χ3n) is 3.48. The minimum absolute atomic E-state index is 0.417. The van der Waals surface area contributed by atoms with Crippen LogP contribution in [-0.2, 0) is 0 Å². The van der Waals surface area contributed by atoms with E-state index >= 15 is 0 Å². The van der Waals surface area contributed by atoms with Gasteiger partial charge in [-0.05, 0) is 43.3 Å². The molecule has 0 amide bonds. The second-order valence-electron chi connectivity index (χ2n) is 5.52. The Morgan fingerprint density at radius 2 is 1.46 bits per heavy atom. The summed E-state index contributed by atoms with van der Waals surface area (Å²) >= 11 is 6.22. The second-order valence-corrected chi connectivity index (χ2v) is 5.92. The van der Waals surface area contributed by atoms with Gasteiger partial charge in [0.1, 0.15) is 11.5 Å². The number of ether oxygens (including phenoxy) is 2. The van der Waals surface area contributed by atoms with Crippen LogP contribution < -0.4 is 9.47 Å². The van der Waals surface area contributed by atoms with Crippen LogP contribution in [0.5, 0.6) is 11.5 Å². The summed E-state index contributed by atoms with van der Waals surface area (Å²) in [4.78, 5) is 4.59. The molecule has 0 heterocycles. The van der Waals surface area contributed by atoms with Crippen molar-refractivity contribution in [2.45, 2.75) is 6.92 Å². The minimum atomic E-state index is 0.417. The van der Waals surface area contributed by atoms with E-state index in [9.17, 15) is 0 Å². The fourth-order valence-electron chi connectivity index (χ4n) is 2.15. The highest BCUT2D eigenvalue weighted by molar-refractivity contribution is 6.32. The molecule has 0 spiro atoms. The molecule has 3 aromatic rings. The molecule has 0 aliphatic rings. The maximum absolute atomic E-state index is 6.22. The number of aliphatic imine (C=N–C) groups is 1. The lowest BCUT2D eigenvalue weighted by atomic mass is 10.3. The van der Waals surface area contributed by atoms with Gasteiger partial charge in [0.05, 0.1) is 17.0 Å². The first-order valence-corrected chi connectivity index (χ1v) is 8.55. The monoisotopic (exact) mass is 363 g/mol. The van der Waals surface area contributed by atoms with Gasteiger partial charge >= 0.3 is 0 Å². The highest BCUT2D eigenvalue weighted by Gasteiger charge is 2.10. The average Bonchev–Trinajstić information content (AvgIpc) is 2.69. The molecule has 130 valence electrons. The molecule has 0 saturated heterocycles. The second kappa shape index (κ2) is 8.88. The van der Waals surface area contributed by atoms with E-state index in [4.69, 9.17) is 21.1 Å². The van der Waals surface area contributed by atoms with Crippen molar-refractivity contribution in [1.82, 2.24) is 0 Å². The van der Waals surface area contributed by atoms with Gasteiger partial charge < -0.3 is 9.47 Å². The van der Waals surface area contributed by atoms with Crippen LogP contribution in [0.25, 0.3) is 0 Å². The average molecular weight is 364 g/mol. The van der Waals surface area contributed by atoms with Crippen molar-refractivity contribution < 1.29 is 9.47 Å². The van der Waals surface area contributed by atoms with Gasteiger partial charge in [0.25, 0.3) is 0 Å². The number of nitrogens with zero attached hydrogens (tertiary/aromatic N) is 1. The highest BCUT2D eigenvalue weighted by atomic mass is 35.5. The topological polar surface area (TPSA) is 30.8 Å². The largest absolute Gasteiger partial charge is 0.465 e. The fourth-order valence-corrected chi connectivity index (χ4v) is 2.32. The Morgan fingerprint density at radius 1 is 0.846 bits per heavy atom. The van der Waals surface area contributed by atoms with Crippen molar-refractivity contribution in [1.29, 1.82) is 0 Å². The van der Waals surface area contributed by atoms with Gasteiger partial charge in [0.15, 0.2) is 0 Å². The van der Waals surface area contributed by atoms with Crippen molar-refractivity contribution >= 4 is 23.2 Å². The smallest absolute Gasteiger partial charge is 0.225 e. The number of hydrogen-bond donors (Lipinski definition) is 0. The summed E-state index contributed by atoms with van der Waals surface area (Å²) in [5.41, 5.74) is 1.51. The van der Waals surface area contributed by atoms with Gasteiger partial charge in [-0.25, -0.2) is 4.99 Å². The molecule has 0 saturated carbocycles. The van der Waals surface area contributed by atoms with Crippen molar-refractivity contribution in [2.24, 2.45) is 4.99 Å². The summed E-state index contributed by atoms with van der Waals surface area (Å²) in [5.74, 6) is 1.69. The fraction of sp³-hybridized carbons (Fsp3) is 0.0455. The molecule has 3 aromatic carbocycles. The Morgan fingerprint density at radius 3 is 2.15 bits per heavy atom. The SMILES string of the molecule is CC(=C\Oc1ccccc1)/C(=N/c1ccccc1)Oc1ccccc1Cl. The predicted molar refractivity (Wildman–Crippen MR) is 106 cm³/mol. The van der Waals surface area contributed by atoms with E-state index in [-0.39, 0.29) is 0 Å². The molecule has 0 unspecified atom stereocenters. The number of hydrogen-bond acceptors (Lipinski definition) is 3. The van der Waals surface area contributed by atoms with Crippen molar-refractivity contribution in [3.63, 3.8) is 0 Å². The van der Waals surface area contributed by atoms with Crippen LogP contribution >= 0.6 is 11.6 Å². The Kier molecular flexibility index (Phi) is 6.07. The minimum Gasteiger partial charge on any atom is -0.465 e. The summed E-state index contributed by atoms with van der Waals surface area (Å²) < 4.78 is 11.7. The molecule has 0 fully saturated rings. The molecule has 0 N–H and O–H groups in total. The van der Waals surface area contributed by atoms with Crippen LogP contribution in [0.2, 0.25) is 5.02 Å². The van der Waals surface area contributed by atoms with E-state index < -0.39 is 0 Å². The summed E-state index contributed by atoms with van der Waals surface area (Å²) in [5, 5.41) is 0.519. The highest BCUT2D eigenvalue weighted by Crippen LogP contribution is 2.25. The van der Waals surface area contributed by atoms with Crippen molar-refractivity contribution in [3.8, 4) is 11.5 Å². The Bertz CT molecular complexity index is 906. The lowest BCUT2D eigenvalue weighted by Gasteiger charge is -2.11. The first-order chi connectivity index (χ1) is 12.7. The van der Waals surface area contributed by atoms with Gasteiger partial charge in [-0.15, -0.1) is 0 Å². The standard InChI is InChI=1S/C22H18ClNO2/c1-17(16-25-19-12-6-3-7-13-19)22(24-18-10-4-2-5-11-18)26-21-15-9-8-14-20(21)23/h2-16H,1H3/b17-16+,24-22-. The zero-order valence-corrected chi connectivity index (χ0v) is 15.1. The number of rotatable bonds is 5. The van der Waals surface area contributed by atoms with E-state index in [1.165, 1.54) is 0 Å². The Labute approximate surface area is 158 Å². The number of benzene rings is 3. The van der Waals surface area contributed by atoms with Crippen LogP contribution in [0.3, 0.4) is 0 Å². The lowest BCUT2D eigenvalue weighted by molar-refractivity contribution is 0.473. The molecule has 0 radical (unpaired) electrons. The van der Waals surface area contributed by atoms with Crippen LogP contribution in [0.1, 0.15) is 6.92 Å². The van der Waals surface area contributed by atoms with Crippen LogP contribution in [0, 0.1) is 0 Å². The number of para-hydroxylation sites is 3. The molecule has 3 rings (SSSR count). The van der Waals surface area contributed by atoms with E-state index in [0.29, 0.717) is 16.7 Å². The Hall–Kier alpha value is -3.04. The quantitative estimate of drug-likeness (QED) is 0.297. The van der Waals surface area contributed by atoms with Crippen molar-refractivity contribution in [3.05, 3.63) is 102 Å². The first kappa shape index (κ1) is 17.8. The molecule has 0 bridgehead atoms. The van der Waals surface area contributed by atoms with E-state index in [1.807, 2.05) is 79.7 Å². The predicted octanol–water partition coefficient (Wildman–Crippen LogP) is 6.43.